The number of carbonyl (C=O) groups excluding carboxylic acids is 1. The number of amides is 1. The zero-order valence-electron chi connectivity index (χ0n) is 18.6. The normalized spacial score (nSPS) is 16.8. The summed E-state index contributed by atoms with van der Waals surface area (Å²) in [5.41, 5.74) is 4.81. The summed E-state index contributed by atoms with van der Waals surface area (Å²) in [6.07, 6.45) is 0.532. The number of para-hydroxylation sites is 1. The highest BCUT2D eigenvalue weighted by molar-refractivity contribution is 6.10. The van der Waals surface area contributed by atoms with Gasteiger partial charge in [0.05, 0.1) is 0 Å². The topological polar surface area (TPSA) is 42.2 Å². The summed E-state index contributed by atoms with van der Waals surface area (Å²) < 4.78 is 6.55. The molecule has 0 aliphatic carbocycles. The van der Waals surface area contributed by atoms with Gasteiger partial charge in [0.25, 0.3) is 0 Å². The second-order valence-electron chi connectivity index (χ2n) is 8.65. The molecule has 1 N–H and O–H groups in total. The van der Waals surface area contributed by atoms with E-state index in [1.165, 1.54) is 0 Å². The van der Waals surface area contributed by atoms with Crippen molar-refractivity contribution in [1.82, 2.24) is 0 Å². The van der Waals surface area contributed by atoms with Crippen LogP contribution >= 0.6 is 0 Å². The van der Waals surface area contributed by atoms with Gasteiger partial charge < -0.3 is 9.73 Å². The number of hydrogen-bond donors (Lipinski definition) is 1. The average molecular weight is 442 g/mol. The lowest BCUT2D eigenvalue weighted by Crippen LogP contribution is -2.38. The standard InChI is InChI=1S/C31H23NO2/c33-30-31(21-22-12-4-1-5-13-22,25-18-10-11-19-27(25)32-30)26-20-28(23-14-6-2-7-15-23)34-29(26)24-16-8-3-9-17-24/h1-20H,21H2,(H,32,33)/t31-/m0/s1. The minimum absolute atomic E-state index is 0.0323. The van der Waals surface area contributed by atoms with Crippen LogP contribution < -0.4 is 5.32 Å². The Labute approximate surface area is 198 Å². The van der Waals surface area contributed by atoms with Crippen molar-refractivity contribution in [3.8, 4) is 22.6 Å². The highest BCUT2D eigenvalue weighted by Gasteiger charge is 2.50. The molecule has 1 amide bonds. The molecule has 0 unspecified atom stereocenters. The summed E-state index contributed by atoms with van der Waals surface area (Å²) in [5.74, 6) is 1.44. The van der Waals surface area contributed by atoms with Crippen LogP contribution in [0.2, 0.25) is 0 Å². The lowest BCUT2D eigenvalue weighted by molar-refractivity contribution is -0.119. The molecule has 1 aliphatic heterocycles. The number of hydrogen-bond acceptors (Lipinski definition) is 2. The number of fused-ring (bicyclic) bond motifs is 1. The number of benzene rings is 4. The van der Waals surface area contributed by atoms with Crippen molar-refractivity contribution in [2.24, 2.45) is 0 Å². The van der Waals surface area contributed by atoms with Gasteiger partial charge in [0.15, 0.2) is 0 Å². The van der Waals surface area contributed by atoms with Gasteiger partial charge in [0.1, 0.15) is 16.9 Å². The van der Waals surface area contributed by atoms with Gasteiger partial charge in [-0.25, -0.2) is 0 Å². The molecule has 3 heteroatoms. The van der Waals surface area contributed by atoms with Crippen LogP contribution in [0.3, 0.4) is 0 Å². The van der Waals surface area contributed by atoms with Gasteiger partial charge in [-0.05, 0) is 29.7 Å². The van der Waals surface area contributed by atoms with Crippen molar-refractivity contribution >= 4 is 11.6 Å². The quantitative estimate of drug-likeness (QED) is 0.316. The van der Waals surface area contributed by atoms with Crippen molar-refractivity contribution in [3.63, 3.8) is 0 Å². The molecule has 4 aromatic carbocycles. The van der Waals surface area contributed by atoms with E-state index in [2.05, 4.69) is 29.6 Å². The molecule has 0 saturated heterocycles. The number of carbonyl (C=O) groups is 1. The van der Waals surface area contributed by atoms with Crippen LogP contribution in [0.25, 0.3) is 22.6 Å². The van der Waals surface area contributed by atoms with Crippen molar-refractivity contribution in [2.45, 2.75) is 11.8 Å². The Hall–Kier alpha value is -4.37. The van der Waals surface area contributed by atoms with E-state index in [1.54, 1.807) is 0 Å². The largest absolute Gasteiger partial charge is 0.456 e. The van der Waals surface area contributed by atoms with E-state index < -0.39 is 5.41 Å². The first kappa shape index (κ1) is 20.3. The first-order valence-electron chi connectivity index (χ1n) is 11.5. The highest BCUT2D eigenvalue weighted by atomic mass is 16.3. The highest BCUT2D eigenvalue weighted by Crippen LogP contribution is 2.50. The third-order valence-electron chi connectivity index (χ3n) is 6.62. The zero-order valence-corrected chi connectivity index (χ0v) is 18.6. The van der Waals surface area contributed by atoms with E-state index >= 15 is 0 Å². The summed E-state index contributed by atoms with van der Waals surface area (Å²) in [6, 6.07) is 40.3. The molecule has 34 heavy (non-hydrogen) atoms. The fourth-order valence-corrected chi connectivity index (χ4v) is 5.01. The maximum absolute atomic E-state index is 13.9. The van der Waals surface area contributed by atoms with E-state index in [-0.39, 0.29) is 5.91 Å². The SMILES string of the molecule is O=C1Nc2ccccc2[C@@]1(Cc1ccccc1)c1cc(-c2ccccc2)oc1-c1ccccc1. The summed E-state index contributed by atoms with van der Waals surface area (Å²) >= 11 is 0. The zero-order chi connectivity index (χ0) is 23.0. The Morgan fingerprint density at radius 1 is 0.647 bits per heavy atom. The van der Waals surface area contributed by atoms with Crippen molar-refractivity contribution in [3.05, 3.63) is 138 Å². The monoisotopic (exact) mass is 441 g/mol. The molecule has 0 bridgehead atoms. The van der Waals surface area contributed by atoms with Crippen LogP contribution in [-0.2, 0) is 16.6 Å². The maximum Gasteiger partial charge on any atom is 0.240 e. The van der Waals surface area contributed by atoms with Crippen LogP contribution in [0.15, 0.2) is 126 Å². The molecule has 0 fully saturated rings. The Bertz CT molecular complexity index is 1460. The van der Waals surface area contributed by atoms with Gasteiger partial charge >= 0.3 is 0 Å². The fraction of sp³-hybridized carbons (Fsp3) is 0.0645. The average Bonchev–Trinajstić information content (AvgIpc) is 3.46. The van der Waals surface area contributed by atoms with Crippen molar-refractivity contribution < 1.29 is 9.21 Å². The Morgan fingerprint density at radius 3 is 1.94 bits per heavy atom. The van der Waals surface area contributed by atoms with E-state index in [1.807, 2.05) is 97.1 Å². The Kier molecular flexibility index (Phi) is 4.88. The minimum Gasteiger partial charge on any atom is -0.456 e. The second-order valence-corrected chi connectivity index (χ2v) is 8.65. The van der Waals surface area contributed by atoms with Crippen LogP contribution in [0.1, 0.15) is 16.7 Å². The van der Waals surface area contributed by atoms with Crippen LogP contribution in [0.4, 0.5) is 5.69 Å². The predicted molar refractivity (Wildman–Crippen MR) is 136 cm³/mol. The van der Waals surface area contributed by atoms with Gasteiger partial charge in [-0.1, -0.05) is 109 Å². The van der Waals surface area contributed by atoms with E-state index in [4.69, 9.17) is 4.42 Å². The third kappa shape index (κ3) is 3.25. The molecule has 0 spiro atoms. The lowest BCUT2D eigenvalue weighted by atomic mass is 9.70. The van der Waals surface area contributed by atoms with Crippen LogP contribution in [0, 0.1) is 0 Å². The third-order valence-corrected chi connectivity index (χ3v) is 6.62. The molecule has 164 valence electrons. The van der Waals surface area contributed by atoms with Gasteiger partial charge in [0, 0.05) is 22.4 Å². The van der Waals surface area contributed by atoms with Gasteiger partial charge in [-0.15, -0.1) is 0 Å². The number of anilines is 1. The lowest BCUT2D eigenvalue weighted by Gasteiger charge is -2.28. The maximum atomic E-state index is 13.9. The molecular formula is C31H23NO2. The fourth-order valence-electron chi connectivity index (χ4n) is 5.01. The van der Waals surface area contributed by atoms with E-state index in [9.17, 15) is 4.79 Å². The summed E-state index contributed by atoms with van der Waals surface area (Å²) in [5, 5.41) is 3.15. The number of nitrogens with one attached hydrogen (secondary N) is 1. The van der Waals surface area contributed by atoms with Crippen molar-refractivity contribution in [2.75, 3.05) is 5.32 Å². The Balaban J connectivity index is 1.65. The molecular weight excluding hydrogens is 418 g/mol. The van der Waals surface area contributed by atoms with E-state index in [0.717, 1.165) is 45.0 Å². The van der Waals surface area contributed by atoms with Crippen molar-refractivity contribution in [1.29, 1.82) is 0 Å². The molecule has 2 heterocycles. The van der Waals surface area contributed by atoms with Crippen LogP contribution in [0.5, 0.6) is 0 Å². The molecule has 5 aromatic rings. The summed E-state index contributed by atoms with van der Waals surface area (Å²) in [7, 11) is 0. The molecule has 0 saturated carbocycles. The molecule has 1 aliphatic rings. The van der Waals surface area contributed by atoms with E-state index in [0.29, 0.717) is 6.42 Å². The van der Waals surface area contributed by atoms with Crippen LogP contribution in [-0.4, -0.2) is 5.91 Å². The number of rotatable bonds is 5. The molecule has 1 atom stereocenters. The first-order chi connectivity index (χ1) is 16.8. The summed E-state index contributed by atoms with van der Waals surface area (Å²) in [4.78, 5) is 13.9. The minimum atomic E-state index is -0.917. The smallest absolute Gasteiger partial charge is 0.240 e. The number of furan rings is 1. The van der Waals surface area contributed by atoms with Gasteiger partial charge in [-0.3, -0.25) is 4.79 Å². The van der Waals surface area contributed by atoms with Gasteiger partial charge in [0.2, 0.25) is 5.91 Å². The Morgan fingerprint density at radius 2 is 1.24 bits per heavy atom. The molecule has 6 rings (SSSR count). The summed E-state index contributed by atoms with van der Waals surface area (Å²) in [6.45, 7) is 0. The molecule has 1 aromatic heterocycles. The molecule has 0 radical (unpaired) electrons. The second kappa shape index (κ2) is 8.20. The first-order valence-corrected chi connectivity index (χ1v) is 11.5. The van der Waals surface area contributed by atoms with Gasteiger partial charge in [-0.2, -0.15) is 0 Å². The molecule has 3 nitrogen and oxygen atoms in total. The predicted octanol–water partition coefficient (Wildman–Crippen LogP) is 7.09.